The molecule has 1 aliphatic rings. The zero-order valence-electron chi connectivity index (χ0n) is 18.1. The maximum absolute atomic E-state index is 5.26. The van der Waals surface area contributed by atoms with E-state index in [1.165, 1.54) is 11.3 Å². The second kappa shape index (κ2) is 7.91. The first-order chi connectivity index (χ1) is 15.1. The summed E-state index contributed by atoms with van der Waals surface area (Å²) in [7, 11) is 1.66. The molecule has 0 aliphatic carbocycles. The lowest BCUT2D eigenvalue weighted by Crippen LogP contribution is -2.52. The van der Waals surface area contributed by atoms with Gasteiger partial charge in [-0.2, -0.15) is 5.10 Å². The number of nitrogens with zero attached hydrogens (tertiary/aromatic N) is 6. The van der Waals surface area contributed by atoms with Gasteiger partial charge in [-0.1, -0.05) is 17.7 Å². The molecule has 0 N–H and O–H groups in total. The lowest BCUT2D eigenvalue weighted by molar-refractivity contribution is 0.414. The van der Waals surface area contributed by atoms with E-state index in [0.29, 0.717) is 6.04 Å². The molecule has 5 rings (SSSR count). The van der Waals surface area contributed by atoms with Crippen LogP contribution >= 0.6 is 0 Å². The van der Waals surface area contributed by atoms with Crippen molar-refractivity contribution in [3.63, 3.8) is 0 Å². The van der Waals surface area contributed by atoms with Crippen LogP contribution < -0.4 is 14.5 Å². The molecular weight excluding hydrogens is 388 g/mol. The summed E-state index contributed by atoms with van der Waals surface area (Å²) < 4.78 is 7.12. The molecule has 7 nitrogen and oxygen atoms in total. The summed E-state index contributed by atoms with van der Waals surface area (Å²) >= 11 is 0. The van der Waals surface area contributed by atoms with Gasteiger partial charge in [0.25, 0.3) is 0 Å². The van der Waals surface area contributed by atoms with Gasteiger partial charge in [0.15, 0.2) is 5.65 Å². The molecule has 3 heterocycles. The van der Waals surface area contributed by atoms with Crippen molar-refractivity contribution in [1.29, 1.82) is 0 Å². The fraction of sp³-hybridized carbons (Fsp3) is 0.292. The highest BCUT2D eigenvalue weighted by Gasteiger charge is 2.26. The first-order valence-electron chi connectivity index (χ1n) is 10.6. The number of piperazine rings is 1. The fourth-order valence-corrected chi connectivity index (χ4v) is 4.27. The largest absolute Gasteiger partial charge is 0.497 e. The first kappa shape index (κ1) is 19.4. The van der Waals surface area contributed by atoms with E-state index in [-0.39, 0.29) is 0 Å². The minimum atomic E-state index is 0.373. The van der Waals surface area contributed by atoms with E-state index in [9.17, 15) is 0 Å². The van der Waals surface area contributed by atoms with E-state index in [2.05, 4.69) is 63.0 Å². The zero-order valence-corrected chi connectivity index (χ0v) is 18.1. The molecule has 31 heavy (non-hydrogen) atoms. The molecule has 7 heteroatoms. The first-order valence-corrected chi connectivity index (χ1v) is 10.6. The molecule has 2 aromatic carbocycles. The number of aryl methyl sites for hydroxylation is 1. The number of anilines is 2. The molecule has 0 radical (unpaired) electrons. The van der Waals surface area contributed by atoms with E-state index in [1.54, 1.807) is 13.4 Å². The number of fused-ring (bicyclic) bond motifs is 1. The topological polar surface area (TPSA) is 59.3 Å². The second-order valence-electron chi connectivity index (χ2n) is 8.01. The van der Waals surface area contributed by atoms with E-state index in [4.69, 9.17) is 4.74 Å². The summed E-state index contributed by atoms with van der Waals surface area (Å²) in [6, 6.07) is 17.0. The van der Waals surface area contributed by atoms with Crippen LogP contribution in [0.15, 0.2) is 61.1 Å². The van der Waals surface area contributed by atoms with Gasteiger partial charge in [-0.25, -0.2) is 14.6 Å². The van der Waals surface area contributed by atoms with Crippen LogP contribution in [0.4, 0.5) is 11.5 Å². The van der Waals surface area contributed by atoms with Crippen LogP contribution in [0.5, 0.6) is 5.75 Å². The van der Waals surface area contributed by atoms with Crippen molar-refractivity contribution in [2.75, 3.05) is 36.5 Å². The minimum Gasteiger partial charge on any atom is -0.497 e. The Hall–Kier alpha value is -3.61. The maximum Gasteiger partial charge on any atom is 0.168 e. The van der Waals surface area contributed by atoms with Gasteiger partial charge in [-0.05, 0) is 50.2 Å². The Morgan fingerprint density at radius 1 is 0.935 bits per heavy atom. The van der Waals surface area contributed by atoms with Crippen LogP contribution in [-0.2, 0) is 0 Å². The lowest BCUT2D eigenvalue weighted by Gasteiger charge is -2.42. The van der Waals surface area contributed by atoms with Crippen molar-refractivity contribution in [2.45, 2.75) is 19.9 Å². The minimum absolute atomic E-state index is 0.373. The molecule has 1 aliphatic heterocycles. The Kier molecular flexibility index (Phi) is 4.94. The molecular formula is C24H26N6O. The summed E-state index contributed by atoms with van der Waals surface area (Å²) in [5.74, 6) is 1.76. The second-order valence-corrected chi connectivity index (χ2v) is 8.01. The highest BCUT2D eigenvalue weighted by Crippen LogP contribution is 2.28. The number of methoxy groups -OCH3 is 1. The monoisotopic (exact) mass is 414 g/mol. The molecule has 0 saturated carbocycles. The molecule has 2 aromatic heterocycles. The standard InChI is InChI=1S/C24H26N6O/c1-17-4-6-19(7-5-17)29-13-12-28(15-18(29)2)23-22-14-27-30(24(22)26-16-25-23)20-8-10-21(31-3)11-9-20/h4-11,14,16,18H,12-13,15H2,1-3H3/t18-/m1/s1. The average Bonchev–Trinajstić information content (AvgIpc) is 3.24. The normalized spacial score (nSPS) is 16.7. The SMILES string of the molecule is COc1ccc(-n2ncc3c(N4CCN(c5ccc(C)cc5)[C@H](C)C4)ncnc32)cc1. The molecule has 4 aromatic rings. The van der Waals surface area contributed by atoms with Gasteiger partial charge in [0.05, 0.1) is 24.4 Å². The van der Waals surface area contributed by atoms with Gasteiger partial charge >= 0.3 is 0 Å². The van der Waals surface area contributed by atoms with E-state index < -0.39 is 0 Å². The Morgan fingerprint density at radius 3 is 2.39 bits per heavy atom. The fourth-order valence-electron chi connectivity index (χ4n) is 4.27. The van der Waals surface area contributed by atoms with Gasteiger partial charge in [0.1, 0.15) is 17.9 Å². The van der Waals surface area contributed by atoms with Gasteiger partial charge in [-0.3, -0.25) is 0 Å². The molecule has 0 spiro atoms. The van der Waals surface area contributed by atoms with E-state index >= 15 is 0 Å². The summed E-state index contributed by atoms with van der Waals surface area (Å²) in [6.07, 6.45) is 3.50. The Morgan fingerprint density at radius 2 is 1.68 bits per heavy atom. The van der Waals surface area contributed by atoms with E-state index in [1.807, 2.05) is 35.1 Å². The Labute approximate surface area is 181 Å². The third-order valence-electron chi connectivity index (χ3n) is 5.95. The molecule has 0 unspecified atom stereocenters. The third-order valence-corrected chi connectivity index (χ3v) is 5.95. The molecule has 0 bridgehead atoms. The summed E-state index contributed by atoms with van der Waals surface area (Å²) in [5, 5.41) is 5.57. The number of rotatable bonds is 4. The zero-order chi connectivity index (χ0) is 21.4. The van der Waals surface area contributed by atoms with Crippen LogP contribution in [0.2, 0.25) is 0 Å². The smallest absolute Gasteiger partial charge is 0.168 e. The van der Waals surface area contributed by atoms with Crippen molar-refractivity contribution in [3.05, 3.63) is 66.6 Å². The van der Waals surface area contributed by atoms with Crippen molar-refractivity contribution in [1.82, 2.24) is 19.7 Å². The number of benzene rings is 2. The van der Waals surface area contributed by atoms with Crippen LogP contribution in [0.25, 0.3) is 16.7 Å². The van der Waals surface area contributed by atoms with Gasteiger partial charge in [-0.15, -0.1) is 0 Å². The van der Waals surface area contributed by atoms with Crippen LogP contribution in [0.1, 0.15) is 12.5 Å². The third kappa shape index (κ3) is 3.56. The molecule has 0 amide bonds. The highest BCUT2D eigenvalue weighted by atomic mass is 16.5. The van der Waals surface area contributed by atoms with Crippen LogP contribution in [0, 0.1) is 6.92 Å². The molecule has 1 fully saturated rings. The number of ether oxygens (including phenoxy) is 1. The van der Waals surface area contributed by atoms with Gasteiger partial charge in [0, 0.05) is 31.4 Å². The van der Waals surface area contributed by atoms with Crippen LogP contribution in [-0.4, -0.2) is 52.5 Å². The predicted molar refractivity (Wildman–Crippen MR) is 123 cm³/mol. The Balaban J connectivity index is 1.42. The van der Waals surface area contributed by atoms with Crippen molar-refractivity contribution in [2.24, 2.45) is 0 Å². The molecule has 1 saturated heterocycles. The number of aromatic nitrogens is 4. The summed E-state index contributed by atoms with van der Waals surface area (Å²) in [5.41, 5.74) is 4.31. The predicted octanol–water partition coefficient (Wildman–Crippen LogP) is 3.85. The van der Waals surface area contributed by atoms with Gasteiger partial charge < -0.3 is 14.5 Å². The summed E-state index contributed by atoms with van der Waals surface area (Å²) in [4.78, 5) is 14.0. The summed E-state index contributed by atoms with van der Waals surface area (Å²) in [6.45, 7) is 7.14. The van der Waals surface area contributed by atoms with Crippen molar-refractivity contribution in [3.8, 4) is 11.4 Å². The number of hydrogen-bond donors (Lipinski definition) is 0. The maximum atomic E-state index is 5.26. The quantitative estimate of drug-likeness (QED) is 0.506. The van der Waals surface area contributed by atoms with Crippen LogP contribution in [0.3, 0.4) is 0 Å². The van der Waals surface area contributed by atoms with Crippen molar-refractivity contribution >= 4 is 22.5 Å². The number of hydrogen-bond acceptors (Lipinski definition) is 6. The van der Waals surface area contributed by atoms with Crippen molar-refractivity contribution < 1.29 is 4.74 Å². The van der Waals surface area contributed by atoms with E-state index in [0.717, 1.165) is 47.9 Å². The van der Waals surface area contributed by atoms with Gasteiger partial charge in [0.2, 0.25) is 0 Å². The average molecular weight is 415 g/mol. The lowest BCUT2D eigenvalue weighted by atomic mass is 10.1. The molecule has 158 valence electrons. The highest BCUT2D eigenvalue weighted by molar-refractivity contribution is 5.87. The Bertz CT molecular complexity index is 1190. The molecule has 1 atom stereocenters.